The Hall–Kier alpha value is -1.76. The highest BCUT2D eigenvalue weighted by atomic mass is 32.2. The number of nitrogens with one attached hydrogen (secondary N) is 1. The quantitative estimate of drug-likeness (QED) is 0.777. The molecule has 0 aromatic heterocycles. The van der Waals surface area contributed by atoms with E-state index in [1.807, 2.05) is 0 Å². The Morgan fingerprint density at radius 2 is 1.86 bits per heavy atom. The topological polar surface area (TPSA) is 80.3 Å². The van der Waals surface area contributed by atoms with Gasteiger partial charge in [0.15, 0.2) is 9.84 Å². The second-order valence-electron chi connectivity index (χ2n) is 5.78. The molecule has 7 heteroatoms. The first-order valence-electron chi connectivity index (χ1n) is 6.61. The number of hydrogen-bond donors (Lipinski definition) is 1. The van der Waals surface area contributed by atoms with Gasteiger partial charge in [-0.05, 0) is 24.1 Å². The van der Waals surface area contributed by atoms with Crippen molar-refractivity contribution in [2.45, 2.75) is 18.8 Å². The largest absolute Gasteiger partial charge is 0.296 e. The number of hydrogen-bond acceptors (Lipinski definition) is 4. The van der Waals surface area contributed by atoms with Crippen LogP contribution in [0.5, 0.6) is 0 Å². The fourth-order valence-electron chi connectivity index (χ4n) is 3.42. The van der Waals surface area contributed by atoms with Gasteiger partial charge in [0.05, 0.1) is 17.4 Å². The number of piperidine rings is 1. The molecule has 2 atom stereocenters. The molecule has 0 bridgehead atoms. The third kappa shape index (κ3) is 2.46. The molecule has 0 radical (unpaired) electrons. The van der Waals surface area contributed by atoms with Crippen molar-refractivity contribution in [1.29, 1.82) is 0 Å². The predicted molar refractivity (Wildman–Crippen MR) is 72.6 cm³/mol. The molecule has 2 saturated heterocycles. The minimum atomic E-state index is -3.26. The molecule has 1 spiro atoms. The molecule has 1 aromatic carbocycles. The fourth-order valence-corrected chi connectivity index (χ4v) is 5.57. The van der Waals surface area contributed by atoms with Gasteiger partial charge in [-0.1, -0.05) is 12.1 Å². The van der Waals surface area contributed by atoms with Crippen LogP contribution in [0.2, 0.25) is 0 Å². The summed E-state index contributed by atoms with van der Waals surface area (Å²) < 4.78 is 36.7. The van der Waals surface area contributed by atoms with Gasteiger partial charge in [0.1, 0.15) is 5.82 Å². The van der Waals surface area contributed by atoms with Crippen LogP contribution in [0.25, 0.3) is 0 Å². The summed E-state index contributed by atoms with van der Waals surface area (Å²) in [6, 6.07) is 5.41. The van der Waals surface area contributed by atoms with Crippen molar-refractivity contribution < 1.29 is 22.4 Å². The molecule has 2 heterocycles. The van der Waals surface area contributed by atoms with Crippen LogP contribution in [0.1, 0.15) is 24.3 Å². The molecule has 2 fully saturated rings. The maximum Gasteiger partial charge on any atom is 0.234 e. The van der Waals surface area contributed by atoms with Gasteiger partial charge in [0.25, 0.3) is 0 Å². The molecular formula is C14H14FNO4S. The van der Waals surface area contributed by atoms with Gasteiger partial charge >= 0.3 is 0 Å². The molecule has 0 aliphatic carbocycles. The average molecular weight is 311 g/mol. The Morgan fingerprint density at radius 3 is 2.43 bits per heavy atom. The summed E-state index contributed by atoms with van der Waals surface area (Å²) in [4.78, 5) is 23.9. The standard InChI is InChI=1S/C14H14FNO4S/c15-10-3-1-9(2-4-10)12-13(18)16-11(17)7-14(12)5-6-21(19,20)8-14/h1-4,12H,5-8H2,(H,16,17,18). The van der Waals surface area contributed by atoms with Gasteiger partial charge < -0.3 is 0 Å². The normalized spacial score (nSPS) is 31.4. The van der Waals surface area contributed by atoms with E-state index in [1.54, 1.807) is 0 Å². The lowest BCUT2D eigenvalue weighted by Crippen LogP contribution is -2.51. The third-order valence-corrected chi connectivity index (χ3v) is 6.11. The number of imide groups is 1. The van der Waals surface area contributed by atoms with E-state index < -0.39 is 38.8 Å². The van der Waals surface area contributed by atoms with Crippen LogP contribution >= 0.6 is 0 Å². The van der Waals surface area contributed by atoms with Crippen LogP contribution in [0, 0.1) is 11.2 Å². The van der Waals surface area contributed by atoms with Crippen molar-refractivity contribution in [2.24, 2.45) is 5.41 Å². The van der Waals surface area contributed by atoms with E-state index in [0.29, 0.717) is 5.56 Å². The Kier molecular flexibility index (Phi) is 3.12. The Morgan fingerprint density at radius 1 is 1.19 bits per heavy atom. The maximum atomic E-state index is 13.1. The smallest absolute Gasteiger partial charge is 0.234 e. The van der Waals surface area contributed by atoms with Crippen molar-refractivity contribution >= 4 is 21.7 Å². The van der Waals surface area contributed by atoms with Crippen LogP contribution in [-0.2, 0) is 19.4 Å². The van der Waals surface area contributed by atoms with E-state index in [0.717, 1.165) is 0 Å². The van der Waals surface area contributed by atoms with Crippen LogP contribution in [-0.4, -0.2) is 31.7 Å². The highest BCUT2D eigenvalue weighted by molar-refractivity contribution is 7.91. The lowest BCUT2D eigenvalue weighted by molar-refractivity contribution is -0.139. The molecule has 2 aliphatic rings. The van der Waals surface area contributed by atoms with Gasteiger partial charge in [0, 0.05) is 11.8 Å². The Balaban J connectivity index is 2.08. The lowest BCUT2D eigenvalue weighted by atomic mass is 9.67. The maximum absolute atomic E-state index is 13.1. The first-order valence-corrected chi connectivity index (χ1v) is 8.43. The first-order chi connectivity index (χ1) is 9.81. The highest BCUT2D eigenvalue weighted by Crippen LogP contribution is 2.49. The number of sulfone groups is 1. The number of carbonyl (C=O) groups is 2. The van der Waals surface area contributed by atoms with E-state index in [4.69, 9.17) is 0 Å². The predicted octanol–water partition coefficient (Wildman–Crippen LogP) is 0.761. The van der Waals surface area contributed by atoms with E-state index in [1.165, 1.54) is 24.3 Å². The van der Waals surface area contributed by atoms with Gasteiger partial charge in [-0.15, -0.1) is 0 Å². The van der Waals surface area contributed by atoms with Crippen molar-refractivity contribution in [1.82, 2.24) is 5.32 Å². The van der Waals surface area contributed by atoms with Crippen LogP contribution < -0.4 is 5.32 Å². The zero-order valence-electron chi connectivity index (χ0n) is 11.1. The van der Waals surface area contributed by atoms with Gasteiger partial charge in [-0.2, -0.15) is 0 Å². The molecule has 1 aromatic rings. The van der Waals surface area contributed by atoms with E-state index >= 15 is 0 Å². The summed E-state index contributed by atoms with van der Waals surface area (Å²) in [5.41, 5.74) is -0.366. The van der Waals surface area contributed by atoms with E-state index in [9.17, 15) is 22.4 Å². The zero-order valence-corrected chi connectivity index (χ0v) is 12.0. The molecule has 112 valence electrons. The molecular weight excluding hydrogens is 297 g/mol. The molecule has 1 N–H and O–H groups in total. The molecule has 3 rings (SSSR count). The molecule has 21 heavy (non-hydrogen) atoms. The SMILES string of the molecule is O=C1CC2(CCS(=O)(=O)C2)C(c2ccc(F)cc2)C(=O)N1. The average Bonchev–Trinajstić information content (AvgIpc) is 2.66. The number of amides is 2. The summed E-state index contributed by atoms with van der Waals surface area (Å²) in [6.45, 7) is 0. The van der Waals surface area contributed by atoms with Crippen molar-refractivity contribution in [3.8, 4) is 0 Å². The lowest BCUT2D eigenvalue weighted by Gasteiger charge is -2.38. The second-order valence-corrected chi connectivity index (χ2v) is 7.96. The molecule has 2 aliphatic heterocycles. The minimum absolute atomic E-state index is 0.0000130. The number of halogens is 1. The third-order valence-electron chi connectivity index (χ3n) is 4.27. The summed E-state index contributed by atoms with van der Waals surface area (Å²) in [5.74, 6) is -2.33. The molecule has 5 nitrogen and oxygen atoms in total. The van der Waals surface area contributed by atoms with Crippen molar-refractivity contribution in [2.75, 3.05) is 11.5 Å². The molecule has 2 amide bonds. The monoisotopic (exact) mass is 311 g/mol. The zero-order chi connectivity index (χ0) is 15.3. The summed E-state index contributed by atoms with van der Waals surface area (Å²) >= 11 is 0. The van der Waals surface area contributed by atoms with Crippen molar-refractivity contribution in [3.05, 3.63) is 35.6 Å². The second kappa shape index (κ2) is 4.62. The van der Waals surface area contributed by atoms with E-state index in [2.05, 4.69) is 5.32 Å². The van der Waals surface area contributed by atoms with Gasteiger partial charge in [0.2, 0.25) is 11.8 Å². The summed E-state index contributed by atoms with van der Waals surface area (Å²) in [6.07, 6.45) is 0.274. The van der Waals surface area contributed by atoms with Gasteiger partial charge in [-0.25, -0.2) is 12.8 Å². The van der Waals surface area contributed by atoms with Crippen LogP contribution in [0.4, 0.5) is 4.39 Å². The van der Waals surface area contributed by atoms with Crippen LogP contribution in [0.3, 0.4) is 0 Å². The molecule has 2 unspecified atom stereocenters. The number of benzene rings is 1. The minimum Gasteiger partial charge on any atom is -0.296 e. The summed E-state index contributed by atoms with van der Waals surface area (Å²) in [5, 5.41) is 2.25. The first kappa shape index (κ1) is 14.2. The molecule has 0 saturated carbocycles. The number of carbonyl (C=O) groups excluding carboxylic acids is 2. The Labute approximate surface area is 121 Å². The van der Waals surface area contributed by atoms with Gasteiger partial charge in [-0.3, -0.25) is 14.9 Å². The fraction of sp³-hybridized carbons (Fsp3) is 0.429. The highest BCUT2D eigenvalue weighted by Gasteiger charge is 2.54. The van der Waals surface area contributed by atoms with Crippen LogP contribution in [0.15, 0.2) is 24.3 Å². The van der Waals surface area contributed by atoms with Crippen molar-refractivity contribution in [3.63, 3.8) is 0 Å². The number of rotatable bonds is 1. The van der Waals surface area contributed by atoms with E-state index in [-0.39, 0.29) is 24.3 Å². The summed E-state index contributed by atoms with van der Waals surface area (Å²) in [7, 11) is -3.26. The Bertz CT molecular complexity index is 713.